The van der Waals surface area contributed by atoms with Crippen molar-refractivity contribution in [3.63, 3.8) is 0 Å². The number of rotatable bonds is 4. The Kier molecular flexibility index (Phi) is 3.70. The number of aromatic amines is 1. The summed E-state index contributed by atoms with van der Waals surface area (Å²) in [5, 5.41) is 36.4. The second kappa shape index (κ2) is 5.51. The highest BCUT2D eigenvalue weighted by molar-refractivity contribution is 5.67. The van der Waals surface area contributed by atoms with Gasteiger partial charge in [-0.2, -0.15) is 0 Å². The van der Waals surface area contributed by atoms with E-state index in [1.54, 1.807) is 0 Å². The number of fused-ring (bicyclic) bond motifs is 1. The molecule has 114 valence electrons. The highest BCUT2D eigenvalue weighted by atomic mass is 16.3. The lowest BCUT2D eigenvalue weighted by molar-refractivity contribution is 0.0843. The number of aromatic nitrogens is 5. The van der Waals surface area contributed by atoms with Crippen LogP contribution in [0.5, 0.6) is 0 Å². The molecule has 2 aromatic heterocycles. The quantitative estimate of drug-likeness (QED) is 0.526. The molecule has 4 N–H and O–H groups in total. The van der Waals surface area contributed by atoms with Gasteiger partial charge in [-0.3, -0.25) is 4.79 Å². The van der Waals surface area contributed by atoms with Gasteiger partial charge in [0.2, 0.25) is 0 Å². The number of nitrogens with zero attached hydrogens (tertiary/aromatic N) is 4. The van der Waals surface area contributed by atoms with E-state index in [1.807, 2.05) is 0 Å². The van der Waals surface area contributed by atoms with Crippen LogP contribution >= 0.6 is 0 Å². The molecule has 1 aliphatic carbocycles. The van der Waals surface area contributed by atoms with Gasteiger partial charge in [-0.1, -0.05) is 5.21 Å². The average Bonchev–Trinajstić information content (AvgIpc) is 3.07. The molecule has 1 aliphatic rings. The van der Waals surface area contributed by atoms with Crippen molar-refractivity contribution < 1.29 is 15.3 Å². The summed E-state index contributed by atoms with van der Waals surface area (Å²) >= 11 is 0. The second-order valence-corrected chi connectivity index (χ2v) is 5.38. The fraction of sp³-hybridized carbons (Fsp3) is 0.667. The summed E-state index contributed by atoms with van der Waals surface area (Å²) in [4.78, 5) is 18.2. The molecule has 0 unspecified atom stereocenters. The average molecular weight is 295 g/mol. The van der Waals surface area contributed by atoms with Crippen LogP contribution in [-0.4, -0.2) is 60.1 Å². The first-order valence-corrected chi connectivity index (χ1v) is 6.82. The number of hydrogen-bond acceptors (Lipinski definition) is 7. The minimum atomic E-state index is -0.373. The Morgan fingerprint density at radius 1 is 1.24 bits per heavy atom. The molecule has 3 rings (SSSR count). The van der Waals surface area contributed by atoms with Crippen LogP contribution in [0, 0.1) is 17.8 Å². The fourth-order valence-electron chi connectivity index (χ4n) is 3.33. The highest BCUT2D eigenvalue weighted by Crippen LogP contribution is 2.44. The van der Waals surface area contributed by atoms with Gasteiger partial charge in [0, 0.05) is 25.7 Å². The Labute approximate surface area is 119 Å². The van der Waals surface area contributed by atoms with Crippen LogP contribution in [0.3, 0.4) is 0 Å². The standard InChI is InChI=1S/C12H17N5O4/c18-2-6-1-9(8(4-20)7(6)3-19)17-11-10(15-16-17)12(21)14-5-13-11/h5-9,18-20H,1-4H2,(H,13,14,21)/t6-,7-,8-,9-/m1/s1. The molecule has 9 heteroatoms. The molecule has 4 atom stereocenters. The molecule has 0 spiro atoms. The Balaban J connectivity index is 2.05. The molecule has 0 aromatic carbocycles. The van der Waals surface area contributed by atoms with Gasteiger partial charge < -0.3 is 20.3 Å². The van der Waals surface area contributed by atoms with Crippen molar-refractivity contribution in [3.05, 3.63) is 16.7 Å². The summed E-state index contributed by atoms with van der Waals surface area (Å²) in [6.45, 7) is -0.330. The van der Waals surface area contributed by atoms with E-state index < -0.39 is 0 Å². The summed E-state index contributed by atoms with van der Waals surface area (Å²) < 4.78 is 1.52. The third-order valence-corrected chi connectivity index (χ3v) is 4.43. The summed E-state index contributed by atoms with van der Waals surface area (Å²) in [6.07, 6.45) is 1.82. The van der Waals surface area contributed by atoms with Gasteiger partial charge in [0.1, 0.15) is 0 Å². The van der Waals surface area contributed by atoms with Crippen LogP contribution in [0.4, 0.5) is 0 Å². The number of aliphatic hydroxyl groups excluding tert-OH is 3. The van der Waals surface area contributed by atoms with Crippen LogP contribution in [0.15, 0.2) is 11.1 Å². The van der Waals surface area contributed by atoms with E-state index in [4.69, 9.17) is 0 Å². The van der Waals surface area contributed by atoms with E-state index in [1.165, 1.54) is 11.0 Å². The molecule has 0 aliphatic heterocycles. The summed E-state index contributed by atoms with van der Waals surface area (Å²) in [7, 11) is 0. The lowest BCUT2D eigenvalue weighted by atomic mass is 9.90. The van der Waals surface area contributed by atoms with Crippen LogP contribution in [0.1, 0.15) is 12.5 Å². The number of H-pyrrole nitrogens is 1. The highest BCUT2D eigenvalue weighted by Gasteiger charge is 2.44. The first kappa shape index (κ1) is 14.1. The van der Waals surface area contributed by atoms with Gasteiger partial charge in [0.25, 0.3) is 5.56 Å². The minimum Gasteiger partial charge on any atom is -0.396 e. The third kappa shape index (κ3) is 2.13. The van der Waals surface area contributed by atoms with Crippen molar-refractivity contribution in [2.75, 3.05) is 19.8 Å². The van der Waals surface area contributed by atoms with E-state index in [9.17, 15) is 20.1 Å². The Hall–Kier alpha value is -1.84. The second-order valence-electron chi connectivity index (χ2n) is 5.38. The Morgan fingerprint density at radius 2 is 2.00 bits per heavy atom. The van der Waals surface area contributed by atoms with E-state index in [2.05, 4.69) is 20.3 Å². The molecular formula is C12H17N5O4. The zero-order valence-corrected chi connectivity index (χ0v) is 11.3. The number of nitrogens with one attached hydrogen (secondary N) is 1. The number of aliphatic hydroxyl groups is 3. The van der Waals surface area contributed by atoms with Crippen molar-refractivity contribution in [3.8, 4) is 0 Å². The monoisotopic (exact) mass is 295 g/mol. The zero-order chi connectivity index (χ0) is 15.0. The van der Waals surface area contributed by atoms with E-state index >= 15 is 0 Å². The van der Waals surface area contributed by atoms with Gasteiger partial charge in [0.05, 0.1) is 12.4 Å². The van der Waals surface area contributed by atoms with Gasteiger partial charge in [-0.05, 0) is 18.3 Å². The molecule has 0 saturated heterocycles. The fourth-order valence-corrected chi connectivity index (χ4v) is 3.33. The van der Waals surface area contributed by atoms with Gasteiger partial charge in [-0.25, -0.2) is 9.67 Å². The first-order chi connectivity index (χ1) is 10.2. The molecule has 0 radical (unpaired) electrons. The smallest absolute Gasteiger partial charge is 0.280 e. The largest absolute Gasteiger partial charge is 0.396 e. The van der Waals surface area contributed by atoms with Crippen LogP contribution in [-0.2, 0) is 0 Å². The Morgan fingerprint density at radius 3 is 2.67 bits per heavy atom. The molecule has 9 nitrogen and oxygen atoms in total. The maximum atomic E-state index is 11.7. The predicted octanol–water partition coefficient (Wildman–Crippen LogP) is -1.72. The van der Waals surface area contributed by atoms with Crippen molar-refractivity contribution >= 4 is 11.2 Å². The molecule has 0 amide bonds. The van der Waals surface area contributed by atoms with Gasteiger partial charge in [-0.15, -0.1) is 5.10 Å². The summed E-state index contributed by atoms with van der Waals surface area (Å²) in [5.41, 5.74) is 0.113. The number of hydrogen-bond donors (Lipinski definition) is 4. The lowest BCUT2D eigenvalue weighted by Gasteiger charge is -2.22. The van der Waals surface area contributed by atoms with E-state index in [0.29, 0.717) is 12.1 Å². The predicted molar refractivity (Wildman–Crippen MR) is 71.3 cm³/mol. The van der Waals surface area contributed by atoms with Crippen molar-refractivity contribution in [2.24, 2.45) is 17.8 Å². The molecule has 2 heterocycles. The van der Waals surface area contributed by atoms with Crippen molar-refractivity contribution in [2.45, 2.75) is 12.5 Å². The summed E-state index contributed by atoms with van der Waals surface area (Å²) in [5.74, 6) is -0.609. The van der Waals surface area contributed by atoms with Crippen LogP contribution in [0.2, 0.25) is 0 Å². The van der Waals surface area contributed by atoms with Crippen molar-refractivity contribution in [1.82, 2.24) is 25.0 Å². The lowest BCUT2D eigenvalue weighted by Crippen LogP contribution is -2.27. The third-order valence-electron chi connectivity index (χ3n) is 4.43. The maximum Gasteiger partial charge on any atom is 0.280 e. The first-order valence-electron chi connectivity index (χ1n) is 6.82. The molecule has 1 saturated carbocycles. The topological polar surface area (TPSA) is 137 Å². The summed E-state index contributed by atoms with van der Waals surface area (Å²) in [6, 6.07) is -0.261. The molecule has 1 fully saturated rings. The molecular weight excluding hydrogens is 278 g/mol. The van der Waals surface area contributed by atoms with E-state index in [0.717, 1.165) is 0 Å². The molecule has 2 aromatic rings. The van der Waals surface area contributed by atoms with Gasteiger partial charge >= 0.3 is 0 Å². The zero-order valence-electron chi connectivity index (χ0n) is 11.3. The normalized spacial score (nSPS) is 29.3. The van der Waals surface area contributed by atoms with Crippen molar-refractivity contribution in [1.29, 1.82) is 0 Å². The minimum absolute atomic E-state index is 0.0706. The van der Waals surface area contributed by atoms with Gasteiger partial charge in [0.15, 0.2) is 11.2 Å². The molecule has 21 heavy (non-hydrogen) atoms. The SMILES string of the molecule is O=c1[nH]cnc2c1nnn2[C@@H]1C[C@H](CO)[C@@H](CO)[C@H]1CO. The molecule has 0 bridgehead atoms. The van der Waals surface area contributed by atoms with Crippen LogP contribution < -0.4 is 5.56 Å². The Bertz CT molecular complexity index is 684. The maximum absolute atomic E-state index is 11.7. The van der Waals surface area contributed by atoms with Crippen LogP contribution in [0.25, 0.3) is 11.2 Å². The van der Waals surface area contributed by atoms with E-state index in [-0.39, 0.29) is 54.7 Å².